The summed E-state index contributed by atoms with van der Waals surface area (Å²) in [6, 6.07) is 2.40. The monoisotopic (exact) mass is 526 g/mol. The minimum Gasteiger partial charge on any atom is -0.480 e. The number of rotatable bonds is 8. The van der Waals surface area contributed by atoms with Crippen LogP contribution in [0.4, 0.5) is 8.78 Å². The standard InChI is InChI=1S/C20H16F2N4O5S3/c1-9(17(30)23-7-16(28)29)25-15(27)8-26-19(31)14(34-20(26)32)5-11-6-24-18(33-11)10-2-3-12(21)13(22)4-10/h2-6,9H,7-8H2,1H3,(H,23,30)(H,25,27)(H,28,29)/t9-/m1/s1. The first-order valence-electron chi connectivity index (χ1n) is 9.50. The van der Waals surface area contributed by atoms with Gasteiger partial charge >= 0.3 is 5.97 Å². The number of hydrogen-bond acceptors (Lipinski definition) is 8. The van der Waals surface area contributed by atoms with Crippen LogP contribution < -0.4 is 10.6 Å². The fourth-order valence-electron chi connectivity index (χ4n) is 2.69. The lowest BCUT2D eigenvalue weighted by atomic mass is 10.2. The minimum atomic E-state index is -1.23. The third-order valence-corrected chi connectivity index (χ3v) is 6.69. The number of carbonyl (C=O) groups excluding carboxylic acids is 3. The number of carbonyl (C=O) groups is 4. The molecule has 1 aliphatic heterocycles. The van der Waals surface area contributed by atoms with E-state index in [-0.39, 0.29) is 9.23 Å². The van der Waals surface area contributed by atoms with Crippen molar-refractivity contribution in [2.75, 3.05) is 13.1 Å². The molecule has 3 N–H and O–H groups in total. The van der Waals surface area contributed by atoms with Gasteiger partial charge in [-0.3, -0.25) is 24.1 Å². The zero-order valence-electron chi connectivity index (χ0n) is 17.3. The van der Waals surface area contributed by atoms with Gasteiger partial charge in [0.2, 0.25) is 11.8 Å². The van der Waals surface area contributed by atoms with Crippen molar-refractivity contribution in [3.8, 4) is 10.6 Å². The third kappa shape index (κ3) is 6.21. The summed E-state index contributed by atoms with van der Waals surface area (Å²) in [4.78, 5) is 53.3. The molecule has 0 saturated carbocycles. The van der Waals surface area contributed by atoms with E-state index >= 15 is 0 Å². The number of carboxylic acids is 1. The zero-order valence-corrected chi connectivity index (χ0v) is 19.8. The van der Waals surface area contributed by atoms with Gasteiger partial charge in [-0.2, -0.15) is 0 Å². The molecule has 34 heavy (non-hydrogen) atoms. The van der Waals surface area contributed by atoms with Gasteiger partial charge in [-0.1, -0.05) is 24.0 Å². The van der Waals surface area contributed by atoms with E-state index in [1.807, 2.05) is 0 Å². The predicted octanol–water partition coefficient (Wildman–Crippen LogP) is 1.99. The van der Waals surface area contributed by atoms with Crippen molar-refractivity contribution in [3.63, 3.8) is 0 Å². The van der Waals surface area contributed by atoms with Crippen LogP contribution in [0.3, 0.4) is 0 Å². The lowest BCUT2D eigenvalue weighted by Gasteiger charge is -2.17. The van der Waals surface area contributed by atoms with Crippen LogP contribution in [0.25, 0.3) is 16.6 Å². The summed E-state index contributed by atoms with van der Waals surface area (Å²) in [5.41, 5.74) is 0.384. The Morgan fingerprint density at radius 2 is 2.03 bits per heavy atom. The normalized spacial score (nSPS) is 15.5. The largest absolute Gasteiger partial charge is 0.480 e. The summed E-state index contributed by atoms with van der Waals surface area (Å²) in [5, 5.41) is 13.5. The average molecular weight is 527 g/mol. The molecule has 178 valence electrons. The topological polar surface area (TPSA) is 129 Å². The fraction of sp³-hybridized carbons (Fsp3) is 0.200. The van der Waals surface area contributed by atoms with Crippen molar-refractivity contribution < 1.29 is 33.1 Å². The Kier molecular flexibility index (Phi) is 8.06. The third-order valence-electron chi connectivity index (χ3n) is 4.32. The average Bonchev–Trinajstić information content (AvgIpc) is 3.34. The van der Waals surface area contributed by atoms with Gasteiger partial charge in [0.1, 0.15) is 28.5 Å². The van der Waals surface area contributed by atoms with Crippen molar-refractivity contribution in [2.45, 2.75) is 13.0 Å². The number of carboxylic acid groups (broad SMARTS) is 1. The number of amides is 3. The van der Waals surface area contributed by atoms with E-state index < -0.39 is 54.5 Å². The molecule has 1 saturated heterocycles. The van der Waals surface area contributed by atoms with Gasteiger partial charge in [-0.15, -0.1) is 11.3 Å². The van der Waals surface area contributed by atoms with Gasteiger partial charge in [0.25, 0.3) is 5.91 Å². The van der Waals surface area contributed by atoms with Gasteiger partial charge in [0, 0.05) is 16.6 Å². The molecule has 1 aromatic carbocycles. The number of thiocarbonyl (C=S) groups is 1. The molecule has 0 unspecified atom stereocenters. The summed E-state index contributed by atoms with van der Waals surface area (Å²) in [6.07, 6.45) is 3.00. The van der Waals surface area contributed by atoms with Crippen LogP contribution >= 0.6 is 35.3 Å². The van der Waals surface area contributed by atoms with E-state index in [2.05, 4.69) is 15.6 Å². The first-order chi connectivity index (χ1) is 16.0. The first kappa shape index (κ1) is 25.4. The number of aliphatic carboxylic acids is 1. The van der Waals surface area contributed by atoms with Crippen LogP contribution in [-0.2, 0) is 19.2 Å². The van der Waals surface area contributed by atoms with Gasteiger partial charge in [0.05, 0.1) is 4.91 Å². The predicted molar refractivity (Wildman–Crippen MR) is 126 cm³/mol. The lowest BCUT2D eigenvalue weighted by Crippen LogP contribution is -2.49. The number of benzene rings is 1. The summed E-state index contributed by atoms with van der Waals surface area (Å²) >= 11 is 7.32. The molecular weight excluding hydrogens is 510 g/mol. The van der Waals surface area contributed by atoms with E-state index in [1.165, 1.54) is 25.3 Å². The number of nitrogens with one attached hydrogen (secondary N) is 2. The van der Waals surface area contributed by atoms with Crippen molar-refractivity contribution in [1.82, 2.24) is 20.5 Å². The summed E-state index contributed by atoms with van der Waals surface area (Å²) in [7, 11) is 0. The van der Waals surface area contributed by atoms with Gasteiger partial charge in [-0.25, -0.2) is 13.8 Å². The van der Waals surface area contributed by atoms with Crippen LogP contribution in [0.15, 0.2) is 29.3 Å². The van der Waals surface area contributed by atoms with Crippen molar-refractivity contribution in [1.29, 1.82) is 0 Å². The Balaban J connectivity index is 1.63. The maximum Gasteiger partial charge on any atom is 0.322 e. The molecule has 3 amide bonds. The van der Waals surface area contributed by atoms with Crippen LogP contribution in [-0.4, -0.2) is 62.1 Å². The Labute approximate surface area is 205 Å². The second-order valence-electron chi connectivity index (χ2n) is 6.87. The lowest BCUT2D eigenvalue weighted by molar-refractivity contribution is -0.138. The number of hydrogen-bond donors (Lipinski definition) is 3. The molecule has 14 heteroatoms. The van der Waals surface area contributed by atoms with Crippen LogP contribution in [0.2, 0.25) is 0 Å². The van der Waals surface area contributed by atoms with Gasteiger partial charge < -0.3 is 15.7 Å². The highest BCUT2D eigenvalue weighted by Gasteiger charge is 2.34. The molecule has 0 spiro atoms. The zero-order chi connectivity index (χ0) is 25.0. The molecule has 1 fully saturated rings. The molecule has 1 atom stereocenters. The number of nitrogens with zero attached hydrogens (tertiary/aromatic N) is 2. The quantitative estimate of drug-likeness (QED) is 0.352. The maximum absolute atomic E-state index is 13.5. The van der Waals surface area contributed by atoms with E-state index in [1.54, 1.807) is 0 Å². The highest BCUT2D eigenvalue weighted by molar-refractivity contribution is 8.26. The Bertz CT molecular complexity index is 1220. The Morgan fingerprint density at radius 3 is 2.71 bits per heavy atom. The van der Waals surface area contributed by atoms with Crippen LogP contribution in [0.5, 0.6) is 0 Å². The fourth-order valence-corrected chi connectivity index (χ4v) is 4.87. The number of halogens is 2. The highest BCUT2D eigenvalue weighted by Crippen LogP contribution is 2.34. The smallest absolute Gasteiger partial charge is 0.322 e. The number of thiazole rings is 1. The second-order valence-corrected chi connectivity index (χ2v) is 9.60. The van der Waals surface area contributed by atoms with E-state index in [4.69, 9.17) is 17.3 Å². The van der Waals surface area contributed by atoms with E-state index in [0.717, 1.165) is 40.1 Å². The molecule has 2 aromatic rings. The molecule has 1 aliphatic rings. The highest BCUT2D eigenvalue weighted by atomic mass is 32.2. The van der Waals surface area contributed by atoms with Crippen molar-refractivity contribution >= 4 is 69.4 Å². The Morgan fingerprint density at radius 1 is 1.29 bits per heavy atom. The SMILES string of the molecule is C[C@@H](NC(=O)CN1C(=O)C(=Cc2cnc(-c3ccc(F)c(F)c3)s2)SC1=S)C(=O)NCC(=O)O. The second kappa shape index (κ2) is 10.8. The number of thioether (sulfide) groups is 1. The van der Waals surface area contributed by atoms with Crippen molar-refractivity contribution in [2.24, 2.45) is 0 Å². The maximum atomic E-state index is 13.5. The molecule has 3 rings (SSSR count). The number of aromatic nitrogens is 1. The summed E-state index contributed by atoms with van der Waals surface area (Å²) in [6.45, 7) is 0.350. The molecular formula is C20H16F2N4O5S3. The van der Waals surface area contributed by atoms with Gasteiger partial charge in [0.15, 0.2) is 11.6 Å². The Hall–Kier alpha value is -3.23. The van der Waals surface area contributed by atoms with Gasteiger partial charge in [-0.05, 0) is 31.2 Å². The van der Waals surface area contributed by atoms with E-state index in [0.29, 0.717) is 15.4 Å². The van der Waals surface area contributed by atoms with Crippen molar-refractivity contribution in [3.05, 3.63) is 45.8 Å². The molecule has 1 aromatic heterocycles. The molecule has 2 heterocycles. The minimum absolute atomic E-state index is 0.139. The summed E-state index contributed by atoms with van der Waals surface area (Å²) in [5.74, 6) is -5.06. The first-order valence-corrected chi connectivity index (χ1v) is 11.5. The molecule has 0 radical (unpaired) electrons. The molecule has 0 bridgehead atoms. The molecule has 0 aliphatic carbocycles. The van der Waals surface area contributed by atoms with Crippen LogP contribution in [0.1, 0.15) is 11.8 Å². The van der Waals surface area contributed by atoms with Crippen LogP contribution in [0, 0.1) is 11.6 Å². The van der Waals surface area contributed by atoms with E-state index in [9.17, 15) is 28.0 Å². The molecule has 9 nitrogen and oxygen atoms in total. The summed E-state index contributed by atoms with van der Waals surface area (Å²) < 4.78 is 26.8.